The smallest absolute Gasteiger partial charge is 0.270 e. The molecule has 0 saturated heterocycles. The molecule has 102 valence electrons. The van der Waals surface area contributed by atoms with Crippen molar-refractivity contribution in [1.29, 1.82) is 0 Å². The van der Waals surface area contributed by atoms with Crippen LogP contribution in [-0.4, -0.2) is 35.7 Å². The first-order valence-corrected chi connectivity index (χ1v) is 6.52. The number of ketones is 1. The molecule has 0 heterocycles. The van der Waals surface area contributed by atoms with Gasteiger partial charge < -0.3 is 0 Å². The Bertz CT molecular complexity index is 483. The van der Waals surface area contributed by atoms with Gasteiger partial charge in [-0.3, -0.25) is 19.8 Å². The van der Waals surface area contributed by atoms with Crippen molar-refractivity contribution in [2.45, 2.75) is 19.3 Å². The van der Waals surface area contributed by atoms with Crippen LogP contribution in [0.15, 0.2) is 24.3 Å². The molecule has 19 heavy (non-hydrogen) atoms. The van der Waals surface area contributed by atoms with Crippen molar-refractivity contribution in [1.82, 2.24) is 4.90 Å². The number of Topliss-reactive ketones (excluding diaryl/α,β-unsaturated/α-hetero) is 1. The van der Waals surface area contributed by atoms with Gasteiger partial charge in [0, 0.05) is 24.2 Å². The van der Waals surface area contributed by atoms with E-state index in [0.29, 0.717) is 18.0 Å². The van der Waals surface area contributed by atoms with Gasteiger partial charge >= 0.3 is 0 Å². The second-order valence-electron chi connectivity index (χ2n) is 5.22. The van der Waals surface area contributed by atoms with E-state index in [9.17, 15) is 14.9 Å². The molecule has 5 heteroatoms. The third kappa shape index (κ3) is 3.61. The lowest BCUT2D eigenvalue weighted by Crippen LogP contribution is -2.33. The van der Waals surface area contributed by atoms with Crippen LogP contribution < -0.4 is 0 Å². The molecule has 0 amide bonds. The van der Waals surface area contributed by atoms with Gasteiger partial charge in [-0.1, -0.05) is 18.6 Å². The third-order valence-electron chi connectivity index (χ3n) is 3.59. The lowest BCUT2D eigenvalue weighted by Gasteiger charge is -2.29. The lowest BCUT2D eigenvalue weighted by atomic mass is 9.85. The Morgan fingerprint density at radius 2 is 2.21 bits per heavy atom. The number of hydrogen-bond acceptors (Lipinski definition) is 4. The largest absolute Gasteiger partial charge is 0.299 e. The molecular formula is C14H18N2O3. The van der Waals surface area contributed by atoms with Crippen molar-refractivity contribution in [3.63, 3.8) is 0 Å². The van der Waals surface area contributed by atoms with Gasteiger partial charge in [0.1, 0.15) is 0 Å². The Morgan fingerprint density at radius 1 is 1.47 bits per heavy atom. The molecule has 0 aromatic heterocycles. The molecule has 1 aliphatic rings. The number of carbonyl (C=O) groups excluding carboxylic acids is 1. The normalized spacial score (nSPS) is 15.3. The Balaban J connectivity index is 1.94. The van der Waals surface area contributed by atoms with E-state index in [1.54, 1.807) is 12.1 Å². The van der Waals surface area contributed by atoms with Crippen LogP contribution >= 0.6 is 0 Å². The SMILES string of the molecule is CN(CC(=O)c1cccc([N+](=O)[O-])c1)CC1CCC1. The van der Waals surface area contributed by atoms with Crippen LogP contribution in [0.2, 0.25) is 0 Å². The predicted molar refractivity (Wildman–Crippen MR) is 72.3 cm³/mol. The molecule has 0 bridgehead atoms. The quantitative estimate of drug-likeness (QED) is 0.449. The zero-order valence-corrected chi connectivity index (χ0v) is 11.0. The summed E-state index contributed by atoms with van der Waals surface area (Å²) < 4.78 is 0. The van der Waals surface area contributed by atoms with E-state index >= 15 is 0 Å². The molecule has 0 unspecified atom stereocenters. The first-order valence-electron chi connectivity index (χ1n) is 6.52. The lowest BCUT2D eigenvalue weighted by molar-refractivity contribution is -0.384. The standard InChI is InChI=1S/C14H18N2O3/c1-15(9-11-4-2-5-11)10-14(17)12-6-3-7-13(8-12)16(18)19/h3,6-8,11H,2,4-5,9-10H2,1H3. The zero-order chi connectivity index (χ0) is 13.8. The highest BCUT2D eigenvalue weighted by molar-refractivity contribution is 5.98. The number of benzene rings is 1. The van der Waals surface area contributed by atoms with Gasteiger partial charge in [-0.15, -0.1) is 0 Å². The monoisotopic (exact) mass is 262 g/mol. The first-order chi connectivity index (χ1) is 9.06. The summed E-state index contributed by atoms with van der Waals surface area (Å²) in [6.45, 7) is 1.25. The number of likely N-dealkylation sites (N-methyl/N-ethyl adjacent to an activating group) is 1. The summed E-state index contributed by atoms with van der Waals surface area (Å²) in [5, 5.41) is 10.7. The van der Waals surface area contributed by atoms with Crippen LogP contribution in [-0.2, 0) is 0 Å². The number of non-ortho nitro benzene ring substituents is 1. The van der Waals surface area contributed by atoms with E-state index in [0.717, 1.165) is 6.54 Å². The van der Waals surface area contributed by atoms with Gasteiger partial charge in [-0.05, 0) is 25.8 Å². The Morgan fingerprint density at radius 3 is 2.79 bits per heavy atom. The number of carbonyl (C=O) groups is 1. The number of nitrogens with zero attached hydrogens (tertiary/aromatic N) is 2. The molecule has 5 nitrogen and oxygen atoms in total. The molecule has 1 aliphatic carbocycles. The topological polar surface area (TPSA) is 63.5 Å². The van der Waals surface area contributed by atoms with Crippen molar-refractivity contribution in [3.8, 4) is 0 Å². The average molecular weight is 262 g/mol. The highest BCUT2D eigenvalue weighted by Crippen LogP contribution is 2.26. The average Bonchev–Trinajstić information content (AvgIpc) is 2.34. The van der Waals surface area contributed by atoms with Crippen molar-refractivity contribution in [3.05, 3.63) is 39.9 Å². The third-order valence-corrected chi connectivity index (χ3v) is 3.59. The van der Waals surface area contributed by atoms with Gasteiger partial charge in [-0.25, -0.2) is 0 Å². The number of nitro benzene ring substituents is 1. The minimum Gasteiger partial charge on any atom is -0.299 e. The van der Waals surface area contributed by atoms with Gasteiger partial charge in [0.25, 0.3) is 5.69 Å². The van der Waals surface area contributed by atoms with Gasteiger partial charge in [-0.2, -0.15) is 0 Å². The molecule has 1 aromatic carbocycles. The van der Waals surface area contributed by atoms with Crippen molar-refractivity contribution in [2.75, 3.05) is 20.1 Å². The van der Waals surface area contributed by atoms with E-state index in [-0.39, 0.29) is 11.5 Å². The van der Waals surface area contributed by atoms with E-state index in [1.165, 1.54) is 31.4 Å². The molecular weight excluding hydrogens is 244 g/mol. The summed E-state index contributed by atoms with van der Waals surface area (Å²) in [5.74, 6) is 0.647. The van der Waals surface area contributed by atoms with Crippen molar-refractivity contribution >= 4 is 11.5 Å². The number of rotatable bonds is 6. The van der Waals surface area contributed by atoms with Crippen LogP contribution in [0.3, 0.4) is 0 Å². The summed E-state index contributed by atoms with van der Waals surface area (Å²) in [6.07, 6.45) is 3.78. The van der Waals surface area contributed by atoms with Crippen molar-refractivity contribution in [2.24, 2.45) is 5.92 Å². The molecule has 1 saturated carbocycles. The Kier molecular flexibility index (Phi) is 4.27. The molecule has 0 atom stereocenters. The molecule has 0 N–H and O–H groups in total. The summed E-state index contributed by atoms with van der Waals surface area (Å²) >= 11 is 0. The predicted octanol–water partition coefficient (Wildman–Crippen LogP) is 2.51. The summed E-state index contributed by atoms with van der Waals surface area (Å²) in [7, 11) is 1.92. The summed E-state index contributed by atoms with van der Waals surface area (Å²) in [6, 6.07) is 5.93. The zero-order valence-electron chi connectivity index (χ0n) is 11.0. The fourth-order valence-corrected chi connectivity index (χ4v) is 2.31. The second kappa shape index (κ2) is 5.93. The second-order valence-corrected chi connectivity index (χ2v) is 5.22. The maximum Gasteiger partial charge on any atom is 0.270 e. The van der Waals surface area contributed by atoms with Gasteiger partial charge in [0.05, 0.1) is 11.5 Å². The molecule has 0 radical (unpaired) electrons. The summed E-state index contributed by atoms with van der Waals surface area (Å²) in [5.41, 5.74) is 0.377. The van der Waals surface area contributed by atoms with Crippen molar-refractivity contribution < 1.29 is 9.72 Å². The maximum absolute atomic E-state index is 12.1. The minimum atomic E-state index is -0.477. The highest BCUT2D eigenvalue weighted by Gasteiger charge is 2.20. The minimum absolute atomic E-state index is 0.0347. The Labute approximate surface area is 112 Å². The molecule has 1 fully saturated rings. The molecule has 2 rings (SSSR count). The molecule has 1 aromatic rings. The van der Waals surface area contributed by atoms with Gasteiger partial charge in [0.2, 0.25) is 0 Å². The van der Waals surface area contributed by atoms with E-state index in [1.807, 2.05) is 11.9 Å². The van der Waals surface area contributed by atoms with Crippen LogP contribution in [0.5, 0.6) is 0 Å². The van der Waals surface area contributed by atoms with Crippen LogP contribution in [0, 0.1) is 16.0 Å². The summed E-state index contributed by atoms with van der Waals surface area (Å²) in [4.78, 5) is 24.3. The maximum atomic E-state index is 12.1. The Hall–Kier alpha value is -1.75. The molecule has 0 aliphatic heterocycles. The molecule has 0 spiro atoms. The number of hydrogen-bond donors (Lipinski definition) is 0. The first kappa shape index (κ1) is 13.7. The van der Waals surface area contributed by atoms with E-state index in [2.05, 4.69) is 0 Å². The van der Waals surface area contributed by atoms with E-state index in [4.69, 9.17) is 0 Å². The van der Waals surface area contributed by atoms with Gasteiger partial charge in [0.15, 0.2) is 5.78 Å². The van der Waals surface area contributed by atoms with Crippen LogP contribution in [0.4, 0.5) is 5.69 Å². The van der Waals surface area contributed by atoms with E-state index < -0.39 is 4.92 Å². The van der Waals surface area contributed by atoms with Crippen LogP contribution in [0.25, 0.3) is 0 Å². The highest BCUT2D eigenvalue weighted by atomic mass is 16.6. The fourth-order valence-electron chi connectivity index (χ4n) is 2.31. The van der Waals surface area contributed by atoms with Crippen LogP contribution in [0.1, 0.15) is 29.6 Å². The fraction of sp³-hybridized carbons (Fsp3) is 0.500. The number of nitro groups is 1.